The fourth-order valence-electron chi connectivity index (χ4n) is 1.92. The van der Waals surface area contributed by atoms with Gasteiger partial charge >= 0.3 is 0 Å². The predicted molar refractivity (Wildman–Crippen MR) is 80.8 cm³/mol. The van der Waals surface area contributed by atoms with Crippen molar-refractivity contribution in [2.24, 2.45) is 0 Å². The first-order chi connectivity index (χ1) is 8.20. The molecule has 1 aliphatic heterocycles. The highest BCUT2D eigenvalue weighted by molar-refractivity contribution is 14.1. The maximum absolute atomic E-state index is 5.99. The Morgan fingerprint density at radius 1 is 1.53 bits per heavy atom. The lowest BCUT2D eigenvalue weighted by atomic mass is 10.1. The van der Waals surface area contributed by atoms with Gasteiger partial charge in [0.05, 0.1) is 4.55 Å². The third-order valence-electron chi connectivity index (χ3n) is 3.07. The number of halogens is 2. The minimum absolute atomic E-state index is 0.315. The molecule has 3 nitrogen and oxygen atoms in total. The predicted octanol–water partition coefficient (Wildman–Crippen LogP) is 3.39. The van der Waals surface area contributed by atoms with Crippen LogP contribution in [0.5, 0.6) is 5.88 Å². The van der Waals surface area contributed by atoms with Crippen LogP contribution in [-0.2, 0) is 0 Å². The summed E-state index contributed by atoms with van der Waals surface area (Å²) in [7, 11) is 0. The summed E-state index contributed by atoms with van der Waals surface area (Å²) in [4.78, 5) is 6.75. The molecule has 0 unspecified atom stereocenters. The van der Waals surface area contributed by atoms with Crippen LogP contribution in [0.25, 0.3) is 0 Å². The molecular formula is C12H16BrIN2O. The van der Waals surface area contributed by atoms with E-state index in [1.165, 1.54) is 0 Å². The molecule has 0 N–H and O–H groups in total. The van der Waals surface area contributed by atoms with Gasteiger partial charge in [0.2, 0.25) is 5.88 Å². The van der Waals surface area contributed by atoms with Gasteiger partial charge in [-0.2, -0.15) is 0 Å². The van der Waals surface area contributed by atoms with Crippen LogP contribution in [0.2, 0.25) is 0 Å². The van der Waals surface area contributed by atoms with E-state index in [1.807, 2.05) is 13.0 Å². The molecule has 0 atom stereocenters. The first-order valence-electron chi connectivity index (χ1n) is 5.77. The van der Waals surface area contributed by atoms with Gasteiger partial charge in [-0.15, -0.1) is 0 Å². The number of likely N-dealkylation sites (tertiary alicyclic amines) is 1. The quantitative estimate of drug-likeness (QED) is 0.434. The Morgan fingerprint density at radius 3 is 2.88 bits per heavy atom. The third-order valence-corrected chi connectivity index (χ3v) is 4.90. The summed E-state index contributed by atoms with van der Waals surface area (Å²) in [5, 5.41) is 0. The van der Waals surface area contributed by atoms with E-state index in [9.17, 15) is 0 Å². The van der Waals surface area contributed by atoms with E-state index < -0.39 is 0 Å². The zero-order valence-corrected chi connectivity index (χ0v) is 13.6. The Morgan fingerprint density at radius 2 is 2.24 bits per heavy atom. The number of ether oxygens (including phenoxy) is 1. The first kappa shape index (κ1) is 13.5. The fourth-order valence-corrected chi connectivity index (χ4v) is 2.89. The molecule has 2 heterocycles. The lowest BCUT2D eigenvalue weighted by molar-refractivity contribution is 0.108. The van der Waals surface area contributed by atoms with Gasteiger partial charge in [-0.05, 0) is 25.8 Å². The monoisotopic (exact) mass is 410 g/mol. The van der Waals surface area contributed by atoms with E-state index in [-0.39, 0.29) is 0 Å². The Bertz CT molecular complexity index is 381. The van der Waals surface area contributed by atoms with Crippen molar-refractivity contribution in [2.75, 3.05) is 17.6 Å². The number of hydrogen-bond acceptors (Lipinski definition) is 3. The number of rotatable bonds is 3. The zero-order valence-electron chi connectivity index (χ0n) is 9.83. The van der Waals surface area contributed by atoms with Crippen molar-refractivity contribution >= 4 is 38.5 Å². The van der Waals surface area contributed by atoms with Gasteiger partial charge in [-0.3, -0.25) is 4.90 Å². The van der Waals surface area contributed by atoms with Crippen molar-refractivity contribution in [3.63, 3.8) is 0 Å². The summed E-state index contributed by atoms with van der Waals surface area (Å²) in [5.41, 5.74) is 1.09. The Hall–Kier alpha value is 0.120. The molecule has 0 aromatic carbocycles. The molecule has 1 saturated heterocycles. The molecule has 0 aliphatic carbocycles. The van der Waals surface area contributed by atoms with E-state index in [1.54, 1.807) is 6.20 Å². The molecule has 1 aliphatic rings. The maximum Gasteiger partial charge on any atom is 0.217 e. The van der Waals surface area contributed by atoms with Gasteiger partial charge in [-0.25, -0.2) is 4.98 Å². The van der Waals surface area contributed by atoms with Crippen LogP contribution in [0.1, 0.15) is 18.4 Å². The summed E-state index contributed by atoms with van der Waals surface area (Å²) in [5.74, 6) is 0.771. The van der Waals surface area contributed by atoms with Crippen molar-refractivity contribution in [3.8, 4) is 5.88 Å². The Kier molecular flexibility index (Phi) is 5.05. The van der Waals surface area contributed by atoms with Gasteiger partial charge < -0.3 is 4.74 Å². The highest BCUT2D eigenvalue weighted by Gasteiger charge is 2.20. The molecule has 1 aromatic rings. The second kappa shape index (κ2) is 6.33. The number of alkyl halides is 1. The van der Waals surface area contributed by atoms with Crippen molar-refractivity contribution < 1.29 is 4.74 Å². The molecule has 0 saturated carbocycles. The zero-order chi connectivity index (χ0) is 12.3. The molecule has 2 rings (SSSR count). The largest absolute Gasteiger partial charge is 0.474 e. The van der Waals surface area contributed by atoms with Crippen LogP contribution in [0.15, 0.2) is 16.7 Å². The number of aromatic nitrogens is 1. The average Bonchev–Trinajstić information content (AvgIpc) is 2.36. The van der Waals surface area contributed by atoms with Gasteiger partial charge in [0.1, 0.15) is 6.10 Å². The lowest BCUT2D eigenvalue weighted by Gasteiger charge is -2.30. The van der Waals surface area contributed by atoms with Crippen LogP contribution >= 0.6 is 38.5 Å². The maximum atomic E-state index is 5.99. The Balaban J connectivity index is 1.95. The fraction of sp³-hybridized carbons (Fsp3) is 0.583. The van der Waals surface area contributed by atoms with E-state index in [2.05, 4.69) is 48.4 Å². The highest BCUT2D eigenvalue weighted by Crippen LogP contribution is 2.25. The van der Waals surface area contributed by atoms with E-state index in [0.29, 0.717) is 6.10 Å². The second-order valence-electron chi connectivity index (χ2n) is 4.28. The van der Waals surface area contributed by atoms with Gasteiger partial charge in [0.25, 0.3) is 0 Å². The molecule has 5 heteroatoms. The summed E-state index contributed by atoms with van der Waals surface area (Å²) in [6, 6.07) is 1.95. The van der Waals surface area contributed by atoms with Crippen LogP contribution in [-0.4, -0.2) is 33.6 Å². The number of nitrogens with zero attached hydrogens (tertiary/aromatic N) is 2. The molecule has 0 bridgehead atoms. The van der Waals surface area contributed by atoms with Crippen molar-refractivity contribution in [1.82, 2.24) is 9.88 Å². The number of piperidine rings is 1. The molecule has 17 heavy (non-hydrogen) atoms. The highest BCUT2D eigenvalue weighted by atomic mass is 127. The van der Waals surface area contributed by atoms with Crippen LogP contribution in [0.3, 0.4) is 0 Å². The lowest BCUT2D eigenvalue weighted by Crippen LogP contribution is -2.37. The minimum Gasteiger partial charge on any atom is -0.474 e. The minimum atomic E-state index is 0.315. The van der Waals surface area contributed by atoms with Crippen LogP contribution < -0.4 is 4.74 Å². The van der Waals surface area contributed by atoms with Crippen LogP contribution in [0.4, 0.5) is 0 Å². The first-order valence-corrected chi connectivity index (χ1v) is 8.08. The topological polar surface area (TPSA) is 25.4 Å². The van der Waals surface area contributed by atoms with Crippen molar-refractivity contribution in [2.45, 2.75) is 25.9 Å². The summed E-state index contributed by atoms with van der Waals surface area (Å²) < 4.78 is 8.16. The summed E-state index contributed by atoms with van der Waals surface area (Å²) in [6.45, 7) is 4.29. The summed E-state index contributed by atoms with van der Waals surface area (Å²) >= 11 is 5.92. The SMILES string of the molecule is Cc1c(Br)ccnc1OC1CCN(CI)CC1. The third kappa shape index (κ3) is 3.54. The van der Waals surface area contributed by atoms with Gasteiger partial charge in [-0.1, -0.05) is 38.5 Å². The molecular weight excluding hydrogens is 395 g/mol. The molecule has 0 radical (unpaired) electrons. The summed E-state index contributed by atoms with van der Waals surface area (Å²) in [6.07, 6.45) is 4.29. The normalized spacial score (nSPS) is 18.3. The molecule has 0 spiro atoms. The Labute approximate surface area is 124 Å². The van der Waals surface area contributed by atoms with Gasteiger partial charge in [0, 0.05) is 29.3 Å². The molecule has 0 amide bonds. The second-order valence-corrected chi connectivity index (χ2v) is 5.81. The van der Waals surface area contributed by atoms with E-state index in [4.69, 9.17) is 4.74 Å². The molecule has 94 valence electrons. The molecule has 1 fully saturated rings. The average molecular weight is 411 g/mol. The van der Waals surface area contributed by atoms with Crippen molar-refractivity contribution in [3.05, 3.63) is 22.3 Å². The van der Waals surface area contributed by atoms with E-state index >= 15 is 0 Å². The number of pyridine rings is 1. The van der Waals surface area contributed by atoms with Crippen molar-refractivity contribution in [1.29, 1.82) is 0 Å². The number of hydrogen-bond donors (Lipinski definition) is 0. The standard InChI is InChI=1S/C12H16BrIN2O/c1-9-11(13)2-5-15-12(9)17-10-3-6-16(8-14)7-4-10/h2,5,10H,3-4,6-8H2,1H3. The molecule has 1 aromatic heterocycles. The van der Waals surface area contributed by atoms with Gasteiger partial charge in [0.15, 0.2) is 0 Å². The van der Waals surface area contributed by atoms with Crippen LogP contribution in [0, 0.1) is 6.92 Å². The van der Waals surface area contributed by atoms with E-state index in [0.717, 1.165) is 46.4 Å². The smallest absolute Gasteiger partial charge is 0.217 e.